The third-order valence-corrected chi connectivity index (χ3v) is 14.6. The maximum absolute atomic E-state index is 17.6. The second-order valence-electron chi connectivity index (χ2n) is 13.9. The lowest BCUT2D eigenvalue weighted by molar-refractivity contribution is 0.593. The molecule has 1 nitrogen and oxygen atoms in total. The zero-order valence-electron chi connectivity index (χ0n) is 26.9. The van der Waals surface area contributed by atoms with Gasteiger partial charge >= 0.3 is 0 Å². The van der Waals surface area contributed by atoms with Crippen LogP contribution in [-0.2, 0) is 4.57 Å². The molecule has 12 aromatic carbocycles. The van der Waals surface area contributed by atoms with Gasteiger partial charge in [0.1, 0.15) is 0 Å². The Balaban J connectivity index is 1.36. The van der Waals surface area contributed by atoms with Crippen LogP contribution in [0.4, 0.5) is 0 Å². The monoisotopic (exact) mass is 650 g/mol. The molecule has 0 radical (unpaired) electrons. The molecular weight excluding hydrogens is 624 g/mol. The van der Waals surface area contributed by atoms with Crippen LogP contribution in [0.15, 0.2) is 164 Å². The van der Waals surface area contributed by atoms with Crippen LogP contribution in [0, 0.1) is 0 Å². The van der Waals surface area contributed by atoms with Gasteiger partial charge in [-0.2, -0.15) is 0 Å². The molecule has 0 unspecified atom stereocenters. The molecular formula is C48H27OP. The van der Waals surface area contributed by atoms with Crippen molar-refractivity contribution in [3.63, 3.8) is 0 Å². The normalized spacial score (nSPS) is 12.9. The van der Waals surface area contributed by atoms with Gasteiger partial charge in [-0.05, 0) is 115 Å². The molecule has 0 aliphatic heterocycles. The maximum Gasteiger partial charge on any atom is 0.172 e. The fraction of sp³-hybridized carbons (Fsp3) is 0. The molecule has 0 spiro atoms. The highest BCUT2D eigenvalue weighted by atomic mass is 31.2. The molecule has 230 valence electrons. The van der Waals surface area contributed by atoms with Crippen LogP contribution in [0.2, 0.25) is 0 Å². The van der Waals surface area contributed by atoms with Crippen LogP contribution >= 0.6 is 7.14 Å². The molecule has 2 heteroatoms. The van der Waals surface area contributed by atoms with Gasteiger partial charge in [0, 0.05) is 15.9 Å². The van der Waals surface area contributed by atoms with E-state index < -0.39 is 7.14 Å². The van der Waals surface area contributed by atoms with Crippen molar-refractivity contribution in [2.24, 2.45) is 0 Å². The van der Waals surface area contributed by atoms with Gasteiger partial charge < -0.3 is 4.57 Å². The Morgan fingerprint density at radius 1 is 0.260 bits per heavy atom. The van der Waals surface area contributed by atoms with E-state index in [-0.39, 0.29) is 0 Å². The van der Waals surface area contributed by atoms with Crippen molar-refractivity contribution in [2.75, 3.05) is 0 Å². The predicted molar refractivity (Wildman–Crippen MR) is 217 cm³/mol. The van der Waals surface area contributed by atoms with Gasteiger partial charge in [-0.3, -0.25) is 0 Å². The Morgan fingerprint density at radius 3 is 0.800 bits per heavy atom. The maximum atomic E-state index is 17.6. The summed E-state index contributed by atoms with van der Waals surface area (Å²) < 4.78 is 17.6. The van der Waals surface area contributed by atoms with E-state index in [0.717, 1.165) is 48.2 Å². The largest absolute Gasteiger partial charge is 0.309 e. The zero-order chi connectivity index (χ0) is 32.7. The molecule has 0 N–H and O–H groups in total. The second kappa shape index (κ2) is 9.36. The number of hydrogen-bond donors (Lipinski definition) is 0. The van der Waals surface area contributed by atoms with Crippen LogP contribution in [0.25, 0.3) is 97.0 Å². The van der Waals surface area contributed by atoms with Crippen LogP contribution in [0.1, 0.15) is 0 Å². The lowest BCUT2D eigenvalue weighted by Crippen LogP contribution is -2.27. The molecule has 50 heavy (non-hydrogen) atoms. The van der Waals surface area contributed by atoms with E-state index in [2.05, 4.69) is 164 Å². The molecule has 0 atom stereocenters. The molecule has 0 amide bonds. The Hall–Kier alpha value is -6.01. The topological polar surface area (TPSA) is 17.1 Å². The van der Waals surface area contributed by atoms with E-state index in [9.17, 15) is 0 Å². The van der Waals surface area contributed by atoms with Gasteiger partial charge in [0.2, 0.25) is 0 Å². The van der Waals surface area contributed by atoms with Gasteiger partial charge in [-0.25, -0.2) is 0 Å². The van der Waals surface area contributed by atoms with Crippen LogP contribution < -0.4 is 15.9 Å². The van der Waals surface area contributed by atoms with Gasteiger partial charge in [-0.15, -0.1) is 0 Å². The summed E-state index contributed by atoms with van der Waals surface area (Å²) in [5.74, 6) is 0. The Labute approximate surface area is 287 Å². The first kappa shape index (κ1) is 26.9. The number of rotatable bonds is 3. The van der Waals surface area contributed by atoms with Crippen molar-refractivity contribution in [1.29, 1.82) is 0 Å². The van der Waals surface area contributed by atoms with Gasteiger partial charge in [0.15, 0.2) is 7.14 Å². The standard InChI is InChI=1S/C48H27OP/c49-50(40-25-34-13-1-7-28-19-22-31-10-4-16-37(40)46(31)43(28)34,41-26-35-14-2-8-29-20-23-32-11-5-17-38(41)47(32)44(29)35)42-27-36-15-3-9-30-21-24-33-12-6-18-39(42)48(33)45(30)36/h1-27H. The number of benzene rings is 12. The Morgan fingerprint density at radius 2 is 0.500 bits per heavy atom. The summed E-state index contributed by atoms with van der Waals surface area (Å²) in [5.41, 5.74) is 0. The molecule has 0 aromatic heterocycles. The molecule has 0 aliphatic rings. The third-order valence-electron chi connectivity index (χ3n) is 11.5. The first-order valence-corrected chi connectivity index (χ1v) is 19.0. The van der Waals surface area contributed by atoms with Crippen LogP contribution in [0.3, 0.4) is 0 Å². The minimum Gasteiger partial charge on any atom is -0.309 e. The van der Waals surface area contributed by atoms with Gasteiger partial charge in [0.25, 0.3) is 0 Å². The summed E-state index contributed by atoms with van der Waals surface area (Å²) in [6.07, 6.45) is 0. The molecule has 0 aliphatic carbocycles. The fourth-order valence-electron chi connectivity index (χ4n) is 9.40. The smallest absolute Gasteiger partial charge is 0.172 e. The van der Waals surface area contributed by atoms with E-state index in [1.807, 2.05) is 0 Å². The lowest BCUT2D eigenvalue weighted by Gasteiger charge is -2.28. The van der Waals surface area contributed by atoms with Crippen molar-refractivity contribution in [1.82, 2.24) is 0 Å². The first-order chi connectivity index (χ1) is 24.7. The number of hydrogen-bond acceptors (Lipinski definition) is 1. The predicted octanol–water partition coefficient (Wildman–Crippen LogP) is 12.0. The molecule has 0 saturated heterocycles. The minimum absolute atomic E-state index is 0.902. The Bertz CT molecular complexity index is 3050. The van der Waals surface area contributed by atoms with Crippen LogP contribution in [0.5, 0.6) is 0 Å². The molecule has 12 aromatic rings. The second-order valence-corrected chi connectivity index (χ2v) is 16.6. The lowest BCUT2D eigenvalue weighted by atomic mass is 9.94. The van der Waals surface area contributed by atoms with E-state index in [0.29, 0.717) is 0 Å². The summed E-state index contributed by atoms with van der Waals surface area (Å²) in [4.78, 5) is 0. The quantitative estimate of drug-likeness (QED) is 0.137. The van der Waals surface area contributed by atoms with Crippen molar-refractivity contribution in [3.05, 3.63) is 164 Å². The summed E-state index contributed by atoms with van der Waals surface area (Å²) in [5, 5.41) is 23.7. The summed E-state index contributed by atoms with van der Waals surface area (Å²) in [6.45, 7) is 0. The molecule has 0 fully saturated rings. The van der Waals surface area contributed by atoms with E-state index >= 15 is 4.57 Å². The van der Waals surface area contributed by atoms with E-state index in [4.69, 9.17) is 0 Å². The summed E-state index contributed by atoms with van der Waals surface area (Å²) in [6, 6.07) is 59.2. The van der Waals surface area contributed by atoms with Gasteiger partial charge in [-0.1, -0.05) is 146 Å². The molecule has 12 rings (SSSR count). The highest BCUT2D eigenvalue weighted by Gasteiger charge is 2.37. The summed E-state index contributed by atoms with van der Waals surface area (Å²) >= 11 is 0. The average Bonchev–Trinajstić information content (AvgIpc) is 3.17. The first-order valence-electron chi connectivity index (χ1n) is 17.3. The molecule has 0 saturated carbocycles. The minimum atomic E-state index is -3.63. The van der Waals surface area contributed by atoms with Crippen molar-refractivity contribution in [2.45, 2.75) is 0 Å². The third kappa shape index (κ3) is 3.27. The summed E-state index contributed by atoms with van der Waals surface area (Å²) in [7, 11) is -3.63. The Kier molecular flexibility index (Phi) is 5.03. The van der Waals surface area contributed by atoms with Crippen LogP contribution in [-0.4, -0.2) is 0 Å². The molecule has 0 bridgehead atoms. The zero-order valence-corrected chi connectivity index (χ0v) is 27.8. The molecule has 0 heterocycles. The van der Waals surface area contributed by atoms with E-state index in [1.54, 1.807) is 0 Å². The average molecular weight is 651 g/mol. The van der Waals surface area contributed by atoms with Crippen molar-refractivity contribution in [3.8, 4) is 0 Å². The van der Waals surface area contributed by atoms with E-state index in [1.165, 1.54) is 64.6 Å². The highest BCUT2D eigenvalue weighted by molar-refractivity contribution is 7.86. The SMILES string of the molecule is O=P(c1cc2cccc3ccc4cccc1c4c32)(c1cc2cccc3ccc4cccc1c4c32)c1cc2cccc3ccc4cccc1c4c32. The van der Waals surface area contributed by atoms with Crippen molar-refractivity contribution >= 4 is 120 Å². The fourth-order valence-corrected chi connectivity index (χ4v) is 12.7. The van der Waals surface area contributed by atoms with Crippen molar-refractivity contribution < 1.29 is 4.57 Å². The highest BCUT2D eigenvalue weighted by Crippen LogP contribution is 2.52. The van der Waals surface area contributed by atoms with Gasteiger partial charge in [0.05, 0.1) is 0 Å².